The van der Waals surface area contributed by atoms with Crippen molar-refractivity contribution in [3.8, 4) is 21.3 Å². The Morgan fingerprint density at radius 1 is 0.773 bits per heavy atom. The molecule has 0 aliphatic heterocycles. The largest absolute Gasteiger partial charge is 0.497 e. The fourth-order valence-corrected chi connectivity index (χ4v) is 7.04. The highest BCUT2D eigenvalue weighted by Gasteiger charge is 2.22. The molecule has 1 atom stereocenters. The second kappa shape index (κ2) is 13.9. The first-order valence-electron chi connectivity index (χ1n) is 13.7. The summed E-state index contributed by atoms with van der Waals surface area (Å²) in [6.45, 7) is 15.0. The van der Waals surface area contributed by atoms with Crippen molar-refractivity contribution in [3.63, 3.8) is 0 Å². The average molecular weight is 617 g/mol. The summed E-state index contributed by atoms with van der Waals surface area (Å²) in [6, 6.07) is 32.2. The number of hydrogen-bond donors (Lipinski definition) is 1. The monoisotopic (exact) mass is 616 g/mol. The zero-order valence-electron chi connectivity index (χ0n) is 24.1. The Hall–Kier alpha value is -5.15. The van der Waals surface area contributed by atoms with Crippen LogP contribution < -0.4 is 9.47 Å². The molecule has 0 spiro atoms. The summed E-state index contributed by atoms with van der Waals surface area (Å²) in [5.74, 6) is 0.397. The van der Waals surface area contributed by atoms with Gasteiger partial charge >= 0.3 is 5.97 Å². The van der Waals surface area contributed by atoms with Crippen molar-refractivity contribution < 1.29 is 19.4 Å². The number of carbonyl (C=O) groups is 1. The van der Waals surface area contributed by atoms with E-state index in [0.29, 0.717) is 11.3 Å². The molecule has 0 fully saturated rings. The Balaban J connectivity index is 1.35. The Morgan fingerprint density at radius 3 is 1.80 bits per heavy atom. The van der Waals surface area contributed by atoms with E-state index in [1.807, 2.05) is 48.5 Å². The van der Waals surface area contributed by atoms with Crippen molar-refractivity contribution in [1.82, 2.24) is 0 Å². The van der Waals surface area contributed by atoms with Crippen LogP contribution in [0.4, 0.5) is 0 Å². The standard InChI is InChI=1S/C36H28N2O4S2/c1-37-30(32-19-20-34(44-32)33-18-17-29(43-33)22-31(38-2)36(39)40)21-23-5-7-24(8-6-23)35(25-9-13-27(41-3)14-10-25)26-11-15-28(42-4)16-12-26/h5-20,22,30,35H,21H2,3-4H3,(H,39,40)/b31-22-. The zero-order chi connectivity index (χ0) is 31.1. The second-order valence-corrected chi connectivity index (χ2v) is 12.2. The molecule has 0 saturated heterocycles. The van der Waals surface area contributed by atoms with Crippen molar-refractivity contribution in [2.45, 2.75) is 18.4 Å². The van der Waals surface area contributed by atoms with Gasteiger partial charge in [0.25, 0.3) is 11.7 Å². The van der Waals surface area contributed by atoms with E-state index in [0.717, 1.165) is 48.4 Å². The van der Waals surface area contributed by atoms with Gasteiger partial charge in [0.05, 0.1) is 32.1 Å². The molecular formula is C36H28N2O4S2. The maximum Gasteiger partial charge on any atom is 0.333 e. The minimum absolute atomic E-state index is 0.0178. The molecule has 3 aromatic carbocycles. The first kappa shape index (κ1) is 30.3. The van der Waals surface area contributed by atoms with Gasteiger partial charge in [0.2, 0.25) is 0 Å². The van der Waals surface area contributed by atoms with Crippen LogP contribution in [0.15, 0.2) is 103 Å². The maximum atomic E-state index is 11.2. The van der Waals surface area contributed by atoms with Gasteiger partial charge < -0.3 is 19.4 Å². The number of ether oxygens (including phenoxy) is 2. The third-order valence-corrected chi connectivity index (χ3v) is 9.65. The van der Waals surface area contributed by atoms with E-state index < -0.39 is 5.97 Å². The molecule has 2 aromatic heterocycles. The van der Waals surface area contributed by atoms with Gasteiger partial charge in [0, 0.05) is 20.5 Å². The number of benzene rings is 3. The molecule has 218 valence electrons. The van der Waals surface area contributed by atoms with E-state index >= 15 is 0 Å². The topological polar surface area (TPSA) is 64.5 Å². The number of thiophene rings is 2. The summed E-state index contributed by atoms with van der Waals surface area (Å²) in [5, 5.41) is 9.14. The number of aliphatic carboxylic acids is 1. The highest BCUT2D eigenvalue weighted by atomic mass is 32.1. The molecule has 1 unspecified atom stereocenters. The van der Waals surface area contributed by atoms with Gasteiger partial charge in [-0.1, -0.05) is 48.5 Å². The highest BCUT2D eigenvalue weighted by Crippen LogP contribution is 2.39. The minimum Gasteiger partial charge on any atom is -0.497 e. The van der Waals surface area contributed by atoms with Crippen LogP contribution in [0.3, 0.4) is 0 Å². The molecule has 0 aliphatic rings. The molecule has 2 heterocycles. The van der Waals surface area contributed by atoms with Crippen molar-refractivity contribution in [2.24, 2.45) is 0 Å². The Labute approximate surface area is 264 Å². The Kier molecular flexibility index (Phi) is 9.56. The number of carboxylic acids is 1. The van der Waals surface area contributed by atoms with Crippen LogP contribution in [0, 0.1) is 13.1 Å². The van der Waals surface area contributed by atoms with E-state index in [1.54, 1.807) is 25.6 Å². The van der Waals surface area contributed by atoms with Gasteiger partial charge in [-0.2, -0.15) is 0 Å². The Morgan fingerprint density at radius 2 is 1.30 bits per heavy atom. The molecule has 0 amide bonds. The Bertz CT molecular complexity index is 1810. The molecule has 0 radical (unpaired) electrons. The summed E-state index contributed by atoms with van der Waals surface area (Å²) in [6.07, 6.45) is 1.97. The van der Waals surface area contributed by atoms with Gasteiger partial charge in [0.1, 0.15) is 11.5 Å². The second-order valence-electron chi connectivity index (χ2n) is 9.92. The van der Waals surface area contributed by atoms with E-state index in [1.165, 1.54) is 17.4 Å². The lowest BCUT2D eigenvalue weighted by molar-refractivity contribution is -0.132. The molecule has 8 heteroatoms. The first-order valence-corrected chi connectivity index (χ1v) is 15.3. The minimum atomic E-state index is -1.24. The molecule has 0 saturated carbocycles. The number of nitrogens with zero attached hydrogens (tertiary/aromatic N) is 2. The van der Waals surface area contributed by atoms with Gasteiger partial charge in [-0.05, 0) is 76.9 Å². The van der Waals surface area contributed by atoms with E-state index in [-0.39, 0.29) is 17.7 Å². The predicted octanol–water partition coefficient (Wildman–Crippen LogP) is 9.22. The van der Waals surface area contributed by atoms with Crippen molar-refractivity contribution >= 4 is 34.7 Å². The van der Waals surface area contributed by atoms with Crippen molar-refractivity contribution in [3.05, 3.63) is 158 Å². The summed E-state index contributed by atoms with van der Waals surface area (Å²) in [7, 11) is 3.32. The van der Waals surface area contributed by atoms with Crippen LogP contribution in [0.1, 0.15) is 44.0 Å². The van der Waals surface area contributed by atoms with Gasteiger partial charge in [-0.25, -0.2) is 11.4 Å². The normalized spacial score (nSPS) is 11.9. The SMILES string of the molecule is [C-]#[N+]/C(=C\c1ccc(-c2ccc(C(Cc3ccc(C(c4ccc(OC)cc4)c4ccc(OC)cc4)cc3)[N+]#[C-])s2)s1)C(=O)O. The summed E-state index contributed by atoms with van der Waals surface area (Å²) < 4.78 is 10.7. The van der Waals surface area contributed by atoms with Crippen LogP contribution in [0.25, 0.3) is 25.5 Å². The lowest BCUT2D eigenvalue weighted by atomic mass is 9.84. The van der Waals surface area contributed by atoms with Crippen LogP contribution in [-0.2, 0) is 11.2 Å². The molecule has 44 heavy (non-hydrogen) atoms. The lowest BCUT2D eigenvalue weighted by Crippen LogP contribution is -2.04. The third-order valence-electron chi connectivity index (χ3n) is 7.24. The van der Waals surface area contributed by atoms with Crippen LogP contribution in [-0.4, -0.2) is 25.3 Å². The molecule has 6 nitrogen and oxygen atoms in total. The lowest BCUT2D eigenvalue weighted by Gasteiger charge is -2.20. The fraction of sp³-hybridized carbons (Fsp3) is 0.139. The van der Waals surface area contributed by atoms with E-state index in [4.69, 9.17) is 27.7 Å². The molecule has 5 rings (SSSR count). The quantitative estimate of drug-likeness (QED) is 0.0913. The van der Waals surface area contributed by atoms with E-state index in [9.17, 15) is 4.79 Å². The van der Waals surface area contributed by atoms with Crippen LogP contribution in [0.5, 0.6) is 11.5 Å². The predicted molar refractivity (Wildman–Crippen MR) is 176 cm³/mol. The van der Waals surface area contributed by atoms with E-state index in [2.05, 4.69) is 58.2 Å². The van der Waals surface area contributed by atoms with Gasteiger partial charge in [0.15, 0.2) is 0 Å². The van der Waals surface area contributed by atoms with Crippen LogP contribution in [0.2, 0.25) is 0 Å². The summed E-state index contributed by atoms with van der Waals surface area (Å²) >= 11 is 2.99. The number of carboxylic acid groups (broad SMARTS) is 1. The molecule has 5 aromatic rings. The molecule has 1 N–H and O–H groups in total. The summed E-state index contributed by atoms with van der Waals surface area (Å²) in [5.41, 5.74) is 4.21. The fourth-order valence-electron chi connectivity index (χ4n) is 4.95. The average Bonchev–Trinajstić information content (AvgIpc) is 3.74. The van der Waals surface area contributed by atoms with Gasteiger partial charge in [-0.15, -0.1) is 22.7 Å². The number of rotatable bonds is 11. The third kappa shape index (κ3) is 6.90. The molecule has 0 aliphatic carbocycles. The summed E-state index contributed by atoms with van der Waals surface area (Å²) in [4.78, 5) is 21.9. The van der Waals surface area contributed by atoms with Crippen LogP contribution >= 0.6 is 22.7 Å². The number of hydrogen-bond acceptors (Lipinski definition) is 5. The van der Waals surface area contributed by atoms with Crippen molar-refractivity contribution in [1.29, 1.82) is 0 Å². The molecular weight excluding hydrogens is 589 g/mol. The smallest absolute Gasteiger partial charge is 0.333 e. The first-order chi connectivity index (χ1) is 21.4. The zero-order valence-corrected chi connectivity index (χ0v) is 25.7. The van der Waals surface area contributed by atoms with Gasteiger partial charge in [-0.3, -0.25) is 4.79 Å². The molecule has 0 bridgehead atoms. The number of methoxy groups -OCH3 is 2. The maximum absolute atomic E-state index is 11.2. The van der Waals surface area contributed by atoms with Crippen molar-refractivity contribution in [2.75, 3.05) is 14.2 Å². The highest BCUT2D eigenvalue weighted by molar-refractivity contribution is 7.22.